The van der Waals surface area contributed by atoms with Crippen LogP contribution in [0.25, 0.3) is 5.78 Å². The molecule has 0 saturated carbocycles. The van der Waals surface area contributed by atoms with Gasteiger partial charge in [-0.2, -0.15) is 4.98 Å². The van der Waals surface area contributed by atoms with Crippen molar-refractivity contribution in [1.29, 1.82) is 0 Å². The van der Waals surface area contributed by atoms with E-state index in [0.717, 1.165) is 42.3 Å². The minimum Gasteiger partial charge on any atom is -0.373 e. The second kappa shape index (κ2) is 9.82. The fraction of sp³-hybridized carbons (Fsp3) is 0.571. The number of aryl methyl sites for hydroxylation is 2. The molecule has 0 radical (unpaired) electrons. The topological polar surface area (TPSA) is 97.5 Å². The van der Waals surface area contributed by atoms with Crippen molar-refractivity contribution in [2.45, 2.75) is 64.4 Å². The number of carbonyl (C=O) groups excluding carboxylic acids is 1. The van der Waals surface area contributed by atoms with E-state index in [-0.39, 0.29) is 18.1 Å². The zero-order valence-electron chi connectivity index (χ0n) is 19.1. The van der Waals surface area contributed by atoms with Crippen LogP contribution in [0.15, 0.2) is 10.5 Å². The molecule has 0 aliphatic carbocycles. The molecule has 32 heavy (non-hydrogen) atoms. The van der Waals surface area contributed by atoms with Crippen molar-refractivity contribution in [3.8, 4) is 0 Å². The van der Waals surface area contributed by atoms with Crippen LogP contribution in [0.5, 0.6) is 0 Å². The third kappa shape index (κ3) is 5.28. The summed E-state index contributed by atoms with van der Waals surface area (Å²) in [5.74, 6) is 0.540. The van der Waals surface area contributed by atoms with Gasteiger partial charge < -0.3 is 10.1 Å². The molecular weight excluding hydrogens is 446 g/mol. The molecule has 4 rings (SSSR count). The van der Waals surface area contributed by atoms with Crippen LogP contribution in [0.4, 0.5) is 5.13 Å². The largest absolute Gasteiger partial charge is 0.373 e. The fourth-order valence-electron chi connectivity index (χ4n) is 4.14. The lowest BCUT2D eigenvalue weighted by Gasteiger charge is -2.34. The van der Waals surface area contributed by atoms with Gasteiger partial charge in [-0.1, -0.05) is 11.8 Å². The molecule has 4 heterocycles. The highest BCUT2D eigenvalue weighted by Crippen LogP contribution is 2.21. The Morgan fingerprint density at radius 3 is 2.72 bits per heavy atom. The lowest BCUT2D eigenvalue weighted by atomic mass is 10.1. The standard InChI is InChI=1S/C21H29N7O2S2/c1-12-8-27(9-13(2)30-12)10-16-11-32-20(23-16)24-18(29)7-6-17-14(3)22-19-25-21(31-5)26-28(19)15(17)4/h11-13H,6-10H2,1-5H3,(H,23,24,29)/t12-,13+. The molecule has 1 amide bonds. The van der Waals surface area contributed by atoms with Crippen molar-refractivity contribution in [2.24, 2.45) is 0 Å². The van der Waals surface area contributed by atoms with Crippen molar-refractivity contribution < 1.29 is 9.53 Å². The molecule has 0 spiro atoms. The van der Waals surface area contributed by atoms with E-state index in [2.05, 4.69) is 44.1 Å². The summed E-state index contributed by atoms with van der Waals surface area (Å²) in [6.45, 7) is 10.7. The quantitative estimate of drug-likeness (QED) is 0.521. The Bertz CT molecular complexity index is 1100. The average Bonchev–Trinajstić information content (AvgIpc) is 3.33. The van der Waals surface area contributed by atoms with E-state index in [0.29, 0.717) is 28.9 Å². The van der Waals surface area contributed by atoms with E-state index in [4.69, 9.17) is 4.74 Å². The Morgan fingerprint density at radius 1 is 1.25 bits per heavy atom. The van der Waals surface area contributed by atoms with Crippen LogP contribution in [0.1, 0.15) is 42.9 Å². The normalized spacial score (nSPS) is 19.5. The van der Waals surface area contributed by atoms with Gasteiger partial charge in [0.25, 0.3) is 5.78 Å². The smallest absolute Gasteiger partial charge is 0.253 e. The van der Waals surface area contributed by atoms with Gasteiger partial charge in [-0.3, -0.25) is 9.69 Å². The lowest BCUT2D eigenvalue weighted by molar-refractivity contribution is -0.116. The summed E-state index contributed by atoms with van der Waals surface area (Å²) >= 11 is 2.95. The number of amides is 1. The minimum absolute atomic E-state index is 0.0539. The predicted octanol–water partition coefficient (Wildman–Crippen LogP) is 3.10. The summed E-state index contributed by atoms with van der Waals surface area (Å²) in [7, 11) is 0. The van der Waals surface area contributed by atoms with Gasteiger partial charge in [0.1, 0.15) is 0 Å². The van der Waals surface area contributed by atoms with Crippen molar-refractivity contribution in [2.75, 3.05) is 24.7 Å². The lowest BCUT2D eigenvalue weighted by Crippen LogP contribution is -2.44. The monoisotopic (exact) mass is 475 g/mol. The van der Waals surface area contributed by atoms with Gasteiger partial charge in [0, 0.05) is 42.8 Å². The highest BCUT2D eigenvalue weighted by molar-refractivity contribution is 7.98. The van der Waals surface area contributed by atoms with Gasteiger partial charge in [0.2, 0.25) is 11.1 Å². The Morgan fingerprint density at radius 2 is 2.00 bits per heavy atom. The van der Waals surface area contributed by atoms with Crippen molar-refractivity contribution in [1.82, 2.24) is 29.5 Å². The van der Waals surface area contributed by atoms with Gasteiger partial charge in [-0.05, 0) is 45.9 Å². The maximum absolute atomic E-state index is 12.6. The molecule has 0 bridgehead atoms. The highest BCUT2D eigenvalue weighted by atomic mass is 32.2. The Hall–Kier alpha value is -2.08. The average molecular weight is 476 g/mol. The number of anilines is 1. The number of hydrogen-bond acceptors (Lipinski definition) is 9. The molecular formula is C21H29N7O2S2. The van der Waals surface area contributed by atoms with Crippen LogP contribution in [-0.2, 0) is 22.5 Å². The number of rotatable bonds is 7. The molecule has 1 saturated heterocycles. The molecule has 172 valence electrons. The molecule has 0 aromatic carbocycles. The Labute approximate surface area is 196 Å². The van der Waals surface area contributed by atoms with E-state index in [9.17, 15) is 4.79 Å². The third-order valence-corrected chi connectivity index (χ3v) is 6.84. The number of thioether (sulfide) groups is 1. The molecule has 0 unspecified atom stereocenters. The van der Waals surface area contributed by atoms with E-state index >= 15 is 0 Å². The summed E-state index contributed by atoms with van der Waals surface area (Å²) in [6.07, 6.45) is 3.33. The number of aromatic nitrogens is 5. The first-order valence-electron chi connectivity index (χ1n) is 10.7. The zero-order valence-corrected chi connectivity index (χ0v) is 20.7. The number of fused-ring (bicyclic) bond motifs is 1. The first-order chi connectivity index (χ1) is 15.3. The molecule has 11 heteroatoms. The van der Waals surface area contributed by atoms with Crippen LogP contribution in [0.2, 0.25) is 0 Å². The van der Waals surface area contributed by atoms with Crippen molar-refractivity contribution in [3.63, 3.8) is 0 Å². The summed E-state index contributed by atoms with van der Waals surface area (Å²) in [5, 5.41) is 10.8. The highest BCUT2D eigenvalue weighted by Gasteiger charge is 2.23. The van der Waals surface area contributed by atoms with Crippen LogP contribution in [0, 0.1) is 13.8 Å². The zero-order chi connectivity index (χ0) is 22.8. The molecule has 3 aromatic rings. The van der Waals surface area contributed by atoms with Gasteiger partial charge in [0.15, 0.2) is 5.13 Å². The Kier molecular flexibility index (Phi) is 7.08. The maximum atomic E-state index is 12.6. The molecule has 9 nitrogen and oxygen atoms in total. The summed E-state index contributed by atoms with van der Waals surface area (Å²) in [5.41, 5.74) is 3.86. The van der Waals surface area contributed by atoms with Gasteiger partial charge in [-0.15, -0.1) is 16.4 Å². The summed E-state index contributed by atoms with van der Waals surface area (Å²) in [6, 6.07) is 0. The predicted molar refractivity (Wildman–Crippen MR) is 126 cm³/mol. The molecule has 1 aliphatic rings. The molecule has 1 aliphatic heterocycles. The number of thiazole rings is 1. The van der Waals surface area contributed by atoms with Crippen LogP contribution in [-0.4, -0.2) is 66.9 Å². The van der Waals surface area contributed by atoms with E-state index in [1.807, 2.05) is 25.5 Å². The molecule has 2 atom stereocenters. The van der Waals surface area contributed by atoms with E-state index in [1.54, 1.807) is 4.52 Å². The minimum atomic E-state index is -0.0539. The number of ether oxygens (including phenoxy) is 1. The van der Waals surface area contributed by atoms with Crippen molar-refractivity contribution >= 4 is 39.9 Å². The van der Waals surface area contributed by atoms with Gasteiger partial charge >= 0.3 is 0 Å². The first-order valence-corrected chi connectivity index (χ1v) is 12.8. The van der Waals surface area contributed by atoms with Crippen molar-refractivity contribution in [3.05, 3.63) is 28.0 Å². The fourth-order valence-corrected chi connectivity index (χ4v) is 5.19. The van der Waals surface area contributed by atoms with Crippen LogP contribution < -0.4 is 5.32 Å². The first kappa shape index (κ1) is 23.1. The molecule has 3 aromatic heterocycles. The Balaban J connectivity index is 1.35. The van der Waals surface area contributed by atoms with E-state index in [1.165, 1.54) is 23.1 Å². The van der Waals surface area contributed by atoms with Gasteiger partial charge in [-0.25, -0.2) is 14.5 Å². The van der Waals surface area contributed by atoms with Gasteiger partial charge in [0.05, 0.1) is 17.9 Å². The number of morpholine rings is 1. The summed E-state index contributed by atoms with van der Waals surface area (Å²) in [4.78, 5) is 28.5. The number of nitrogens with one attached hydrogen (secondary N) is 1. The van der Waals surface area contributed by atoms with E-state index < -0.39 is 0 Å². The number of hydrogen-bond donors (Lipinski definition) is 1. The molecule has 1 fully saturated rings. The SMILES string of the molecule is CSc1nc2nc(C)c(CCC(=O)Nc3nc(CN4C[C@@H](C)O[C@@H](C)C4)cs3)c(C)n2n1. The number of carbonyl (C=O) groups is 1. The molecule has 1 N–H and O–H groups in total. The third-order valence-electron chi connectivity index (χ3n) is 5.49. The number of nitrogens with zero attached hydrogens (tertiary/aromatic N) is 6. The summed E-state index contributed by atoms with van der Waals surface area (Å²) < 4.78 is 7.55. The van der Waals surface area contributed by atoms with Crippen LogP contribution in [0.3, 0.4) is 0 Å². The maximum Gasteiger partial charge on any atom is 0.253 e. The second-order valence-corrected chi connectivity index (χ2v) is 9.85. The second-order valence-electron chi connectivity index (χ2n) is 8.22. The van der Waals surface area contributed by atoms with Crippen LogP contribution >= 0.6 is 23.1 Å².